The van der Waals surface area contributed by atoms with E-state index >= 15 is 0 Å². The van der Waals surface area contributed by atoms with Crippen LogP contribution in [0.2, 0.25) is 0 Å². The third kappa shape index (κ3) is 4.62. The minimum Gasteiger partial charge on any atom is -0.494 e. The standard InChI is InChI=1S/C17H23NO4S2/c1-4-21-13-7-6-12(14(11-13)22-5-2)10-15-16(19)18(8-9-20-3)17(23)24-15/h6-7,11,15H,4-5,8-10H2,1-3H3/t15-/m0/s1. The first-order chi connectivity index (χ1) is 11.6. The second-order valence-electron chi connectivity index (χ2n) is 5.19. The van der Waals surface area contributed by atoms with Gasteiger partial charge in [-0.15, -0.1) is 0 Å². The molecular weight excluding hydrogens is 346 g/mol. The monoisotopic (exact) mass is 369 g/mol. The van der Waals surface area contributed by atoms with Gasteiger partial charge in [-0.3, -0.25) is 9.69 Å². The number of methoxy groups -OCH3 is 1. The molecule has 7 heteroatoms. The van der Waals surface area contributed by atoms with Crippen molar-refractivity contribution in [2.75, 3.05) is 33.5 Å². The summed E-state index contributed by atoms with van der Waals surface area (Å²) in [5.41, 5.74) is 0.988. The molecule has 2 rings (SSSR count). The summed E-state index contributed by atoms with van der Waals surface area (Å²) >= 11 is 6.76. The van der Waals surface area contributed by atoms with Gasteiger partial charge in [-0.25, -0.2) is 0 Å². The number of carbonyl (C=O) groups is 1. The average molecular weight is 370 g/mol. The summed E-state index contributed by atoms with van der Waals surface area (Å²) in [5, 5.41) is -0.216. The largest absolute Gasteiger partial charge is 0.494 e. The smallest absolute Gasteiger partial charge is 0.242 e. The molecule has 1 aliphatic heterocycles. The second-order valence-corrected chi connectivity index (χ2v) is 7.03. The predicted molar refractivity (Wildman–Crippen MR) is 100 cm³/mol. The highest BCUT2D eigenvalue weighted by Crippen LogP contribution is 2.33. The highest BCUT2D eigenvalue weighted by atomic mass is 32.2. The van der Waals surface area contributed by atoms with E-state index in [2.05, 4.69) is 0 Å². The summed E-state index contributed by atoms with van der Waals surface area (Å²) in [6, 6.07) is 5.75. The fourth-order valence-electron chi connectivity index (χ4n) is 2.46. The SMILES string of the molecule is CCOc1ccc(C[C@@H]2SC(=S)N(CCOC)C2=O)c(OCC)c1. The molecule has 0 N–H and O–H groups in total. The van der Waals surface area contributed by atoms with Gasteiger partial charge in [-0.05, 0) is 31.9 Å². The van der Waals surface area contributed by atoms with E-state index in [1.54, 1.807) is 12.0 Å². The van der Waals surface area contributed by atoms with Crippen LogP contribution in [0.1, 0.15) is 19.4 Å². The summed E-state index contributed by atoms with van der Waals surface area (Å²) in [4.78, 5) is 14.2. The highest BCUT2D eigenvalue weighted by molar-refractivity contribution is 8.24. The number of ether oxygens (including phenoxy) is 3. The summed E-state index contributed by atoms with van der Waals surface area (Å²) < 4.78 is 16.9. The molecule has 1 fully saturated rings. The van der Waals surface area contributed by atoms with Crippen LogP contribution < -0.4 is 9.47 Å². The number of thiocarbonyl (C=S) groups is 1. The number of thioether (sulfide) groups is 1. The van der Waals surface area contributed by atoms with Gasteiger partial charge >= 0.3 is 0 Å². The van der Waals surface area contributed by atoms with E-state index in [1.165, 1.54) is 11.8 Å². The van der Waals surface area contributed by atoms with Crippen LogP contribution >= 0.6 is 24.0 Å². The van der Waals surface area contributed by atoms with Crippen molar-refractivity contribution in [3.05, 3.63) is 23.8 Å². The molecule has 1 saturated heterocycles. The minimum atomic E-state index is -0.216. The van der Waals surface area contributed by atoms with Crippen molar-refractivity contribution in [2.45, 2.75) is 25.5 Å². The molecule has 0 spiro atoms. The molecule has 0 aliphatic carbocycles. The average Bonchev–Trinajstić information content (AvgIpc) is 2.82. The fraction of sp³-hybridized carbons (Fsp3) is 0.529. The van der Waals surface area contributed by atoms with Gasteiger partial charge in [0, 0.05) is 13.2 Å². The summed E-state index contributed by atoms with van der Waals surface area (Å²) in [6.07, 6.45) is 0.578. The van der Waals surface area contributed by atoms with Crippen LogP contribution in [0, 0.1) is 0 Å². The number of hydrogen-bond donors (Lipinski definition) is 0. The molecule has 0 saturated carbocycles. The first kappa shape index (κ1) is 19.0. The summed E-state index contributed by atoms with van der Waals surface area (Å²) in [5.74, 6) is 1.57. The van der Waals surface area contributed by atoms with Gasteiger partial charge in [0.1, 0.15) is 15.8 Å². The van der Waals surface area contributed by atoms with E-state index in [-0.39, 0.29) is 11.2 Å². The van der Waals surface area contributed by atoms with Crippen LogP contribution in [0.4, 0.5) is 0 Å². The van der Waals surface area contributed by atoms with Crippen molar-refractivity contribution < 1.29 is 19.0 Å². The Morgan fingerprint density at radius 1 is 1.25 bits per heavy atom. The molecule has 1 aromatic rings. The summed E-state index contributed by atoms with van der Waals surface area (Å²) in [7, 11) is 1.61. The quantitative estimate of drug-likeness (QED) is 0.624. The third-order valence-electron chi connectivity index (χ3n) is 3.58. The van der Waals surface area contributed by atoms with Crippen molar-refractivity contribution in [3.63, 3.8) is 0 Å². The normalized spacial score (nSPS) is 17.5. The molecule has 1 aliphatic rings. The van der Waals surface area contributed by atoms with E-state index in [4.69, 9.17) is 26.4 Å². The Labute approximate surface area is 152 Å². The van der Waals surface area contributed by atoms with E-state index in [0.717, 1.165) is 17.1 Å². The maximum absolute atomic E-state index is 12.6. The Hall–Kier alpha value is -1.31. The van der Waals surface area contributed by atoms with Crippen molar-refractivity contribution in [3.8, 4) is 11.5 Å². The Kier molecular flexibility index (Phi) is 7.33. The molecule has 0 unspecified atom stereocenters. The zero-order valence-electron chi connectivity index (χ0n) is 14.2. The lowest BCUT2D eigenvalue weighted by Crippen LogP contribution is -2.34. The van der Waals surface area contributed by atoms with Gasteiger partial charge in [-0.2, -0.15) is 0 Å². The third-order valence-corrected chi connectivity index (χ3v) is 5.16. The Morgan fingerprint density at radius 2 is 2.00 bits per heavy atom. The van der Waals surface area contributed by atoms with E-state index < -0.39 is 0 Å². The molecule has 1 aromatic carbocycles. The number of amides is 1. The zero-order valence-corrected chi connectivity index (χ0v) is 15.9. The number of nitrogens with zero attached hydrogens (tertiary/aromatic N) is 1. The zero-order chi connectivity index (χ0) is 17.5. The highest BCUT2D eigenvalue weighted by Gasteiger charge is 2.37. The van der Waals surface area contributed by atoms with E-state index in [1.807, 2.05) is 32.0 Å². The first-order valence-electron chi connectivity index (χ1n) is 8.00. The van der Waals surface area contributed by atoms with Gasteiger partial charge in [0.25, 0.3) is 0 Å². The lowest BCUT2D eigenvalue weighted by Gasteiger charge is -2.16. The Bertz CT molecular complexity index is 594. The van der Waals surface area contributed by atoms with E-state index in [9.17, 15) is 4.79 Å². The number of hydrogen-bond acceptors (Lipinski definition) is 6. The maximum atomic E-state index is 12.6. The van der Waals surface area contributed by atoms with Gasteiger partial charge in [0.05, 0.1) is 31.6 Å². The maximum Gasteiger partial charge on any atom is 0.242 e. The van der Waals surface area contributed by atoms with Crippen LogP contribution in [0.15, 0.2) is 18.2 Å². The van der Waals surface area contributed by atoms with E-state index in [0.29, 0.717) is 37.1 Å². The van der Waals surface area contributed by atoms with Gasteiger partial charge in [0.2, 0.25) is 5.91 Å². The molecular formula is C17H23NO4S2. The Balaban J connectivity index is 2.12. The molecule has 0 aromatic heterocycles. The van der Waals surface area contributed by atoms with Crippen LogP contribution in [0.5, 0.6) is 11.5 Å². The lowest BCUT2D eigenvalue weighted by atomic mass is 10.1. The molecule has 24 heavy (non-hydrogen) atoms. The van der Waals surface area contributed by atoms with Crippen LogP contribution in [-0.4, -0.2) is 53.9 Å². The van der Waals surface area contributed by atoms with Crippen molar-refractivity contribution in [2.24, 2.45) is 0 Å². The molecule has 1 atom stereocenters. The van der Waals surface area contributed by atoms with Gasteiger partial charge in [-0.1, -0.05) is 30.0 Å². The first-order valence-corrected chi connectivity index (χ1v) is 9.28. The van der Waals surface area contributed by atoms with Crippen LogP contribution in [0.25, 0.3) is 0 Å². The molecule has 5 nitrogen and oxygen atoms in total. The number of benzene rings is 1. The van der Waals surface area contributed by atoms with Crippen LogP contribution in [0.3, 0.4) is 0 Å². The lowest BCUT2D eigenvalue weighted by molar-refractivity contribution is -0.126. The Morgan fingerprint density at radius 3 is 2.67 bits per heavy atom. The number of rotatable bonds is 9. The molecule has 1 heterocycles. The van der Waals surface area contributed by atoms with Gasteiger partial charge in [0.15, 0.2) is 0 Å². The molecule has 0 radical (unpaired) electrons. The van der Waals surface area contributed by atoms with Crippen molar-refractivity contribution in [1.82, 2.24) is 4.90 Å². The number of carbonyl (C=O) groups excluding carboxylic acids is 1. The van der Waals surface area contributed by atoms with Crippen LogP contribution in [-0.2, 0) is 16.0 Å². The predicted octanol–water partition coefficient (Wildman–Crippen LogP) is 2.90. The topological polar surface area (TPSA) is 48.0 Å². The molecule has 1 amide bonds. The molecule has 132 valence electrons. The van der Waals surface area contributed by atoms with Crippen molar-refractivity contribution >= 4 is 34.2 Å². The molecule has 0 bridgehead atoms. The minimum absolute atomic E-state index is 0.0402. The fourth-order valence-corrected chi connectivity index (χ4v) is 4.03. The summed E-state index contributed by atoms with van der Waals surface area (Å²) in [6.45, 7) is 6.02. The van der Waals surface area contributed by atoms with Crippen molar-refractivity contribution in [1.29, 1.82) is 0 Å². The second kappa shape index (κ2) is 9.25. The van der Waals surface area contributed by atoms with Gasteiger partial charge < -0.3 is 14.2 Å².